The monoisotopic (exact) mass is 231 g/mol. The first kappa shape index (κ1) is 13.0. The van der Waals surface area contributed by atoms with E-state index >= 15 is 0 Å². The van der Waals surface area contributed by atoms with Crippen LogP contribution in [-0.2, 0) is 6.18 Å². The number of hydrogen-bond donors (Lipinski definition) is 0. The first-order valence-corrected chi connectivity index (χ1v) is 5.31. The number of alkyl halides is 3. The van der Waals surface area contributed by atoms with E-state index in [9.17, 15) is 13.2 Å². The zero-order valence-electron chi connectivity index (χ0n) is 9.89. The average molecular weight is 231 g/mol. The molecular formula is C12H16F3N. The number of rotatable bonds is 2. The molecule has 1 rings (SSSR count). The second-order valence-corrected chi connectivity index (χ2v) is 4.48. The van der Waals surface area contributed by atoms with Crippen molar-refractivity contribution in [2.75, 3.05) is 0 Å². The van der Waals surface area contributed by atoms with Crippen LogP contribution in [0.3, 0.4) is 0 Å². The van der Waals surface area contributed by atoms with Crippen LogP contribution in [0.5, 0.6) is 0 Å². The summed E-state index contributed by atoms with van der Waals surface area (Å²) < 4.78 is 38.4. The molecule has 0 saturated heterocycles. The summed E-state index contributed by atoms with van der Waals surface area (Å²) in [5.41, 5.74) is 0.00215. The van der Waals surface area contributed by atoms with Crippen molar-refractivity contribution in [1.82, 2.24) is 4.98 Å². The van der Waals surface area contributed by atoms with E-state index in [1.54, 1.807) is 19.9 Å². The molecule has 90 valence electrons. The van der Waals surface area contributed by atoms with Crippen LogP contribution < -0.4 is 0 Å². The highest BCUT2D eigenvalue weighted by Gasteiger charge is 2.36. The van der Waals surface area contributed by atoms with Gasteiger partial charge in [-0.05, 0) is 23.5 Å². The highest BCUT2D eigenvalue weighted by molar-refractivity contribution is 5.29. The Hall–Kier alpha value is -1.06. The SMILES string of the molecule is CC(C)c1ccc(C(C)C)c(C(F)(F)F)n1. The quantitative estimate of drug-likeness (QED) is 0.737. The van der Waals surface area contributed by atoms with Crippen LogP contribution in [0.4, 0.5) is 13.2 Å². The lowest BCUT2D eigenvalue weighted by molar-refractivity contribution is -0.142. The van der Waals surface area contributed by atoms with Gasteiger partial charge < -0.3 is 0 Å². The molecule has 1 heterocycles. The van der Waals surface area contributed by atoms with Crippen molar-refractivity contribution in [3.05, 3.63) is 29.1 Å². The van der Waals surface area contributed by atoms with Gasteiger partial charge in [-0.15, -0.1) is 0 Å². The lowest BCUT2D eigenvalue weighted by atomic mass is 9.99. The largest absolute Gasteiger partial charge is 0.433 e. The topological polar surface area (TPSA) is 12.9 Å². The minimum absolute atomic E-state index is 0.00214. The molecule has 0 aromatic carbocycles. The van der Waals surface area contributed by atoms with Crippen molar-refractivity contribution in [3.8, 4) is 0 Å². The van der Waals surface area contributed by atoms with Gasteiger partial charge in [0.1, 0.15) is 5.69 Å². The second-order valence-electron chi connectivity index (χ2n) is 4.48. The lowest BCUT2D eigenvalue weighted by Crippen LogP contribution is -2.14. The van der Waals surface area contributed by atoms with Gasteiger partial charge in [0.25, 0.3) is 0 Å². The number of halogens is 3. The number of nitrogens with zero attached hydrogens (tertiary/aromatic N) is 1. The zero-order chi connectivity index (χ0) is 12.5. The summed E-state index contributed by atoms with van der Waals surface area (Å²) >= 11 is 0. The van der Waals surface area contributed by atoms with E-state index in [0.29, 0.717) is 5.69 Å². The summed E-state index contributed by atoms with van der Waals surface area (Å²) in [5, 5.41) is 0. The van der Waals surface area contributed by atoms with E-state index in [1.807, 2.05) is 13.8 Å². The van der Waals surface area contributed by atoms with Crippen molar-refractivity contribution >= 4 is 0 Å². The Kier molecular flexibility index (Phi) is 3.61. The molecule has 0 unspecified atom stereocenters. The van der Waals surface area contributed by atoms with Gasteiger partial charge >= 0.3 is 6.18 Å². The average Bonchev–Trinajstić information content (AvgIpc) is 2.15. The maximum atomic E-state index is 12.8. The Morgan fingerprint density at radius 1 is 1.00 bits per heavy atom. The third-order valence-electron chi connectivity index (χ3n) is 2.43. The van der Waals surface area contributed by atoms with Crippen LogP contribution in [0.2, 0.25) is 0 Å². The van der Waals surface area contributed by atoms with Gasteiger partial charge in [-0.25, -0.2) is 4.98 Å². The normalized spacial score (nSPS) is 12.6. The number of hydrogen-bond acceptors (Lipinski definition) is 1. The Labute approximate surface area is 93.7 Å². The van der Waals surface area contributed by atoms with Crippen LogP contribution in [0.1, 0.15) is 56.5 Å². The van der Waals surface area contributed by atoms with Crippen LogP contribution >= 0.6 is 0 Å². The minimum Gasteiger partial charge on any atom is -0.248 e. The van der Waals surface area contributed by atoms with Gasteiger partial charge in [-0.2, -0.15) is 13.2 Å². The fourth-order valence-electron chi connectivity index (χ4n) is 1.50. The van der Waals surface area contributed by atoms with Gasteiger partial charge in [0, 0.05) is 5.69 Å². The van der Waals surface area contributed by atoms with E-state index in [1.165, 1.54) is 6.07 Å². The van der Waals surface area contributed by atoms with Crippen LogP contribution in [0, 0.1) is 0 Å². The van der Waals surface area contributed by atoms with Gasteiger partial charge in [-0.1, -0.05) is 33.8 Å². The summed E-state index contributed by atoms with van der Waals surface area (Å²) in [4.78, 5) is 3.74. The first-order valence-electron chi connectivity index (χ1n) is 5.31. The number of pyridine rings is 1. The highest BCUT2D eigenvalue weighted by Crippen LogP contribution is 2.34. The van der Waals surface area contributed by atoms with Crippen molar-refractivity contribution in [2.24, 2.45) is 0 Å². The molecule has 16 heavy (non-hydrogen) atoms. The molecule has 0 aliphatic heterocycles. The molecule has 0 aliphatic rings. The predicted molar refractivity (Wildman–Crippen MR) is 57.4 cm³/mol. The first-order chi connectivity index (χ1) is 7.23. The summed E-state index contributed by atoms with van der Waals surface area (Å²) in [6.07, 6.45) is -4.37. The second kappa shape index (κ2) is 4.44. The van der Waals surface area contributed by atoms with Crippen molar-refractivity contribution in [3.63, 3.8) is 0 Å². The standard InChI is InChI=1S/C12H16F3N/c1-7(2)9-5-6-10(8(3)4)16-11(9)12(13,14)15/h5-8H,1-4H3. The van der Waals surface area contributed by atoms with Gasteiger partial charge in [-0.3, -0.25) is 0 Å². The molecule has 1 aromatic heterocycles. The molecule has 4 heteroatoms. The highest BCUT2D eigenvalue weighted by atomic mass is 19.4. The molecular weight excluding hydrogens is 215 g/mol. The minimum atomic E-state index is -4.37. The molecule has 0 amide bonds. The Morgan fingerprint density at radius 2 is 1.56 bits per heavy atom. The van der Waals surface area contributed by atoms with Crippen molar-refractivity contribution in [1.29, 1.82) is 0 Å². The lowest BCUT2D eigenvalue weighted by Gasteiger charge is -2.16. The maximum Gasteiger partial charge on any atom is 0.433 e. The summed E-state index contributed by atoms with van der Waals surface area (Å²) in [7, 11) is 0. The Bertz CT molecular complexity index is 367. The van der Waals surface area contributed by atoms with Crippen LogP contribution in [-0.4, -0.2) is 4.98 Å². The predicted octanol–water partition coefficient (Wildman–Crippen LogP) is 4.35. The van der Waals surface area contributed by atoms with Gasteiger partial charge in [0.2, 0.25) is 0 Å². The van der Waals surface area contributed by atoms with Crippen molar-refractivity contribution in [2.45, 2.75) is 45.7 Å². The smallest absolute Gasteiger partial charge is 0.248 e. The fraction of sp³-hybridized carbons (Fsp3) is 0.583. The summed E-state index contributed by atoms with van der Waals surface area (Å²) in [5.74, 6) is -0.173. The van der Waals surface area contributed by atoms with Gasteiger partial charge in [0.05, 0.1) is 0 Å². The zero-order valence-corrected chi connectivity index (χ0v) is 9.89. The summed E-state index contributed by atoms with van der Waals surface area (Å²) in [6, 6.07) is 3.21. The van der Waals surface area contributed by atoms with Crippen LogP contribution in [0.15, 0.2) is 12.1 Å². The summed E-state index contributed by atoms with van der Waals surface area (Å²) in [6.45, 7) is 7.14. The Morgan fingerprint density at radius 3 is 1.94 bits per heavy atom. The van der Waals surface area contributed by atoms with E-state index in [-0.39, 0.29) is 17.4 Å². The molecule has 0 atom stereocenters. The molecule has 0 N–H and O–H groups in total. The van der Waals surface area contributed by atoms with E-state index in [2.05, 4.69) is 4.98 Å². The third kappa shape index (κ3) is 2.74. The maximum absolute atomic E-state index is 12.8. The molecule has 0 bridgehead atoms. The van der Waals surface area contributed by atoms with Gasteiger partial charge in [0.15, 0.2) is 0 Å². The van der Waals surface area contributed by atoms with E-state index in [4.69, 9.17) is 0 Å². The molecule has 1 aromatic rings. The molecule has 0 aliphatic carbocycles. The van der Waals surface area contributed by atoms with Crippen molar-refractivity contribution < 1.29 is 13.2 Å². The third-order valence-corrected chi connectivity index (χ3v) is 2.43. The number of aromatic nitrogens is 1. The molecule has 0 fully saturated rings. The van der Waals surface area contributed by atoms with E-state index < -0.39 is 11.9 Å². The van der Waals surface area contributed by atoms with E-state index in [0.717, 1.165) is 0 Å². The fourth-order valence-corrected chi connectivity index (χ4v) is 1.50. The molecule has 0 radical (unpaired) electrons. The molecule has 1 nitrogen and oxygen atoms in total. The Balaban J connectivity index is 3.33. The molecule has 0 spiro atoms. The molecule has 0 saturated carbocycles. The van der Waals surface area contributed by atoms with Crippen LogP contribution in [0.25, 0.3) is 0 Å².